The summed E-state index contributed by atoms with van der Waals surface area (Å²) >= 11 is 0. The van der Waals surface area contributed by atoms with Crippen LogP contribution in [0, 0.1) is 5.41 Å². The Kier molecular flexibility index (Phi) is 6.03. The second kappa shape index (κ2) is 7.29. The van der Waals surface area contributed by atoms with Crippen LogP contribution in [-0.4, -0.2) is 23.9 Å². The van der Waals surface area contributed by atoms with Crippen LogP contribution in [0.25, 0.3) is 0 Å². The summed E-state index contributed by atoms with van der Waals surface area (Å²) in [5.74, 6) is 0.170. The number of benzene rings is 1. The Morgan fingerprint density at radius 1 is 1.26 bits per heavy atom. The zero-order chi connectivity index (χ0) is 14.3. The summed E-state index contributed by atoms with van der Waals surface area (Å²) in [7, 11) is 0. The molecule has 106 valence electrons. The molecule has 0 aliphatic carbocycles. The highest BCUT2D eigenvalue weighted by Gasteiger charge is 2.33. The number of rotatable bonds is 7. The van der Waals surface area contributed by atoms with Crippen molar-refractivity contribution in [1.29, 1.82) is 0 Å². The number of nitrogens with two attached hydrogens (primary N) is 1. The molecule has 0 radical (unpaired) electrons. The topological polar surface area (TPSA) is 46.3 Å². The monoisotopic (exact) mass is 262 g/mol. The smallest absolute Gasteiger partial charge is 0.230 e. The van der Waals surface area contributed by atoms with Crippen molar-refractivity contribution in [1.82, 2.24) is 4.90 Å². The first-order valence-electron chi connectivity index (χ1n) is 7.10. The van der Waals surface area contributed by atoms with E-state index in [-0.39, 0.29) is 5.91 Å². The summed E-state index contributed by atoms with van der Waals surface area (Å²) in [5.41, 5.74) is 6.52. The minimum absolute atomic E-state index is 0.170. The van der Waals surface area contributed by atoms with Crippen LogP contribution in [-0.2, 0) is 11.3 Å². The van der Waals surface area contributed by atoms with Gasteiger partial charge in [0.2, 0.25) is 5.91 Å². The SMILES string of the molecule is CCCN(Cc1ccccc1)C(=O)C(C)(CC)CN. The van der Waals surface area contributed by atoms with Gasteiger partial charge in [-0.25, -0.2) is 0 Å². The molecule has 0 spiro atoms. The molecule has 1 amide bonds. The number of hydrogen-bond donors (Lipinski definition) is 1. The van der Waals surface area contributed by atoms with Gasteiger partial charge in [-0.05, 0) is 25.3 Å². The molecule has 1 unspecified atom stereocenters. The number of carbonyl (C=O) groups excluding carboxylic acids is 1. The highest BCUT2D eigenvalue weighted by molar-refractivity contribution is 5.82. The van der Waals surface area contributed by atoms with Crippen LogP contribution < -0.4 is 5.73 Å². The molecule has 3 nitrogen and oxygen atoms in total. The third-order valence-electron chi connectivity index (χ3n) is 3.74. The number of hydrogen-bond acceptors (Lipinski definition) is 2. The molecular weight excluding hydrogens is 236 g/mol. The summed E-state index contributed by atoms with van der Waals surface area (Å²) in [6.07, 6.45) is 1.74. The molecule has 19 heavy (non-hydrogen) atoms. The van der Waals surface area contributed by atoms with Crippen molar-refractivity contribution in [2.24, 2.45) is 11.1 Å². The van der Waals surface area contributed by atoms with Crippen molar-refractivity contribution in [3.63, 3.8) is 0 Å². The molecule has 1 aromatic rings. The normalized spacial score (nSPS) is 13.9. The van der Waals surface area contributed by atoms with Crippen molar-refractivity contribution in [3.8, 4) is 0 Å². The van der Waals surface area contributed by atoms with E-state index in [1.807, 2.05) is 36.9 Å². The van der Waals surface area contributed by atoms with Gasteiger partial charge in [0.15, 0.2) is 0 Å². The Bertz CT molecular complexity index is 385. The Morgan fingerprint density at radius 2 is 1.89 bits per heavy atom. The van der Waals surface area contributed by atoms with Crippen LogP contribution in [0.4, 0.5) is 0 Å². The lowest BCUT2D eigenvalue weighted by Crippen LogP contribution is -2.46. The van der Waals surface area contributed by atoms with Gasteiger partial charge in [-0.2, -0.15) is 0 Å². The van der Waals surface area contributed by atoms with E-state index in [0.717, 1.165) is 19.4 Å². The van der Waals surface area contributed by atoms with E-state index < -0.39 is 5.41 Å². The molecule has 1 atom stereocenters. The molecule has 0 saturated carbocycles. The largest absolute Gasteiger partial charge is 0.338 e. The molecule has 0 saturated heterocycles. The first-order chi connectivity index (χ1) is 9.07. The minimum Gasteiger partial charge on any atom is -0.338 e. The van der Waals surface area contributed by atoms with Gasteiger partial charge in [-0.15, -0.1) is 0 Å². The molecule has 0 aromatic heterocycles. The predicted octanol–water partition coefficient (Wildman–Crippen LogP) is 2.80. The van der Waals surface area contributed by atoms with E-state index in [1.54, 1.807) is 0 Å². The van der Waals surface area contributed by atoms with E-state index in [0.29, 0.717) is 13.1 Å². The van der Waals surface area contributed by atoms with Gasteiger partial charge in [-0.3, -0.25) is 4.79 Å². The standard InChI is InChI=1S/C16H26N2O/c1-4-11-18(12-14-9-7-6-8-10-14)15(19)16(3,5-2)13-17/h6-10H,4-5,11-13,17H2,1-3H3. The van der Waals surface area contributed by atoms with Crippen molar-refractivity contribution >= 4 is 5.91 Å². The van der Waals surface area contributed by atoms with Crippen molar-refractivity contribution in [3.05, 3.63) is 35.9 Å². The Morgan fingerprint density at radius 3 is 2.37 bits per heavy atom. The summed E-state index contributed by atoms with van der Waals surface area (Å²) in [6, 6.07) is 10.1. The summed E-state index contributed by atoms with van der Waals surface area (Å²) in [4.78, 5) is 14.6. The molecule has 0 aliphatic rings. The average molecular weight is 262 g/mol. The fraction of sp³-hybridized carbons (Fsp3) is 0.562. The van der Waals surface area contributed by atoms with Crippen LogP contribution in [0.5, 0.6) is 0 Å². The molecule has 1 rings (SSSR count). The molecule has 1 aromatic carbocycles. The summed E-state index contributed by atoms with van der Waals surface area (Å²) in [6.45, 7) is 7.93. The minimum atomic E-state index is -0.441. The highest BCUT2D eigenvalue weighted by atomic mass is 16.2. The van der Waals surface area contributed by atoms with Crippen LogP contribution in [0.2, 0.25) is 0 Å². The third kappa shape index (κ3) is 4.06. The zero-order valence-electron chi connectivity index (χ0n) is 12.4. The summed E-state index contributed by atoms with van der Waals surface area (Å²) < 4.78 is 0. The Labute approximate surface area is 116 Å². The van der Waals surface area contributed by atoms with Gasteiger partial charge in [0.25, 0.3) is 0 Å². The first-order valence-corrected chi connectivity index (χ1v) is 7.10. The summed E-state index contributed by atoms with van der Waals surface area (Å²) in [5, 5.41) is 0. The lowest BCUT2D eigenvalue weighted by atomic mass is 9.86. The molecule has 0 heterocycles. The number of amides is 1. The van der Waals surface area contributed by atoms with Gasteiger partial charge in [0.05, 0.1) is 5.41 Å². The van der Waals surface area contributed by atoms with Gasteiger partial charge < -0.3 is 10.6 Å². The molecule has 2 N–H and O–H groups in total. The fourth-order valence-corrected chi connectivity index (χ4v) is 2.09. The maximum atomic E-state index is 12.7. The van der Waals surface area contributed by atoms with Crippen LogP contribution in [0.3, 0.4) is 0 Å². The van der Waals surface area contributed by atoms with E-state index >= 15 is 0 Å². The molecule has 0 fully saturated rings. The van der Waals surface area contributed by atoms with Crippen molar-refractivity contribution in [2.45, 2.75) is 40.2 Å². The lowest BCUT2D eigenvalue weighted by Gasteiger charge is -2.33. The maximum absolute atomic E-state index is 12.7. The molecule has 3 heteroatoms. The van der Waals surface area contributed by atoms with Gasteiger partial charge in [-0.1, -0.05) is 44.2 Å². The second-order valence-electron chi connectivity index (χ2n) is 5.33. The third-order valence-corrected chi connectivity index (χ3v) is 3.74. The van der Waals surface area contributed by atoms with Gasteiger partial charge >= 0.3 is 0 Å². The van der Waals surface area contributed by atoms with E-state index in [9.17, 15) is 4.79 Å². The van der Waals surface area contributed by atoms with Crippen molar-refractivity contribution in [2.75, 3.05) is 13.1 Å². The van der Waals surface area contributed by atoms with Crippen molar-refractivity contribution < 1.29 is 4.79 Å². The van der Waals surface area contributed by atoms with Gasteiger partial charge in [0, 0.05) is 19.6 Å². The maximum Gasteiger partial charge on any atom is 0.230 e. The zero-order valence-corrected chi connectivity index (χ0v) is 12.4. The van der Waals surface area contributed by atoms with E-state index in [2.05, 4.69) is 19.1 Å². The number of nitrogens with zero attached hydrogens (tertiary/aromatic N) is 1. The predicted molar refractivity (Wildman–Crippen MR) is 79.6 cm³/mol. The highest BCUT2D eigenvalue weighted by Crippen LogP contribution is 2.24. The second-order valence-corrected chi connectivity index (χ2v) is 5.33. The average Bonchev–Trinajstić information content (AvgIpc) is 2.46. The fourth-order valence-electron chi connectivity index (χ4n) is 2.09. The van der Waals surface area contributed by atoms with Crippen LogP contribution >= 0.6 is 0 Å². The van der Waals surface area contributed by atoms with Crippen LogP contribution in [0.1, 0.15) is 39.2 Å². The first kappa shape index (κ1) is 15.7. The lowest BCUT2D eigenvalue weighted by molar-refractivity contribution is -0.141. The molecule has 0 aliphatic heterocycles. The van der Waals surface area contributed by atoms with E-state index in [4.69, 9.17) is 5.73 Å². The quantitative estimate of drug-likeness (QED) is 0.821. The molecule has 0 bridgehead atoms. The van der Waals surface area contributed by atoms with Crippen LogP contribution in [0.15, 0.2) is 30.3 Å². The Balaban J connectivity index is 2.85. The van der Waals surface area contributed by atoms with E-state index in [1.165, 1.54) is 5.56 Å². The van der Waals surface area contributed by atoms with Gasteiger partial charge in [0.1, 0.15) is 0 Å². The molecular formula is C16H26N2O. The Hall–Kier alpha value is -1.35. The number of carbonyl (C=O) groups is 1.